The minimum Gasteiger partial charge on any atom is -0.486 e. The number of ether oxygens (including phenoxy) is 1. The zero-order valence-corrected chi connectivity index (χ0v) is 11.5. The fourth-order valence-electron chi connectivity index (χ4n) is 1.57. The van der Waals surface area contributed by atoms with E-state index in [4.69, 9.17) is 10.5 Å². The van der Waals surface area contributed by atoms with Gasteiger partial charge in [-0.15, -0.1) is 0 Å². The predicted octanol–water partition coefficient (Wildman–Crippen LogP) is 4.06. The molecule has 0 bridgehead atoms. The van der Waals surface area contributed by atoms with Crippen LogP contribution in [0.25, 0.3) is 0 Å². The van der Waals surface area contributed by atoms with Gasteiger partial charge >= 0.3 is 0 Å². The van der Waals surface area contributed by atoms with Gasteiger partial charge in [-0.05, 0) is 30.7 Å². The molecule has 2 N–H and O–H groups in total. The highest BCUT2D eigenvalue weighted by Gasteiger charge is 2.07. The summed E-state index contributed by atoms with van der Waals surface area (Å²) in [7, 11) is 0. The van der Waals surface area contributed by atoms with Gasteiger partial charge in [-0.1, -0.05) is 34.1 Å². The first-order valence-electron chi connectivity index (χ1n) is 5.50. The second kappa shape index (κ2) is 5.40. The normalized spacial score (nSPS) is 10.4. The van der Waals surface area contributed by atoms with Crippen LogP contribution in [0.3, 0.4) is 0 Å². The Morgan fingerprint density at radius 3 is 2.78 bits per heavy atom. The number of anilines is 1. The number of nitrogens with two attached hydrogens (primary N) is 1. The van der Waals surface area contributed by atoms with Crippen LogP contribution in [0.5, 0.6) is 5.75 Å². The van der Waals surface area contributed by atoms with E-state index < -0.39 is 0 Å². The van der Waals surface area contributed by atoms with Gasteiger partial charge in [0.1, 0.15) is 6.61 Å². The summed E-state index contributed by atoms with van der Waals surface area (Å²) in [5.41, 5.74) is 7.82. The molecule has 18 heavy (non-hydrogen) atoms. The number of halogens is 2. The molecule has 0 aliphatic rings. The number of benzene rings is 2. The summed E-state index contributed by atoms with van der Waals surface area (Å²) in [4.78, 5) is 0. The molecule has 94 valence electrons. The first-order valence-corrected chi connectivity index (χ1v) is 6.29. The minimum absolute atomic E-state index is 0.263. The predicted molar refractivity (Wildman–Crippen MR) is 74.0 cm³/mol. The van der Waals surface area contributed by atoms with Gasteiger partial charge in [0.2, 0.25) is 0 Å². The molecule has 0 atom stereocenters. The van der Waals surface area contributed by atoms with Gasteiger partial charge in [-0.3, -0.25) is 0 Å². The summed E-state index contributed by atoms with van der Waals surface area (Å²) in [5, 5.41) is 0. The molecule has 4 heteroatoms. The highest BCUT2D eigenvalue weighted by Crippen LogP contribution is 2.24. The van der Waals surface area contributed by atoms with Crippen molar-refractivity contribution in [3.63, 3.8) is 0 Å². The number of hydrogen-bond acceptors (Lipinski definition) is 2. The van der Waals surface area contributed by atoms with Crippen LogP contribution >= 0.6 is 15.9 Å². The Morgan fingerprint density at radius 1 is 1.28 bits per heavy atom. The lowest BCUT2D eigenvalue weighted by atomic mass is 10.2. The lowest BCUT2D eigenvalue weighted by Crippen LogP contribution is -1.99. The number of rotatable bonds is 3. The summed E-state index contributed by atoms with van der Waals surface area (Å²) in [6.07, 6.45) is 0. The van der Waals surface area contributed by atoms with Crippen LogP contribution < -0.4 is 10.5 Å². The van der Waals surface area contributed by atoms with Crippen molar-refractivity contribution in [3.8, 4) is 5.75 Å². The van der Waals surface area contributed by atoms with Crippen molar-refractivity contribution < 1.29 is 9.13 Å². The van der Waals surface area contributed by atoms with Crippen LogP contribution in [0, 0.1) is 12.7 Å². The summed E-state index contributed by atoms with van der Waals surface area (Å²) in [6, 6.07) is 10.5. The Balaban J connectivity index is 2.14. The Hall–Kier alpha value is -1.55. The van der Waals surface area contributed by atoms with E-state index in [0.29, 0.717) is 17.9 Å². The number of aryl methyl sites for hydroxylation is 1. The molecule has 0 spiro atoms. The van der Waals surface area contributed by atoms with Gasteiger partial charge in [0, 0.05) is 15.7 Å². The van der Waals surface area contributed by atoms with E-state index in [1.807, 2.05) is 6.07 Å². The van der Waals surface area contributed by atoms with Crippen molar-refractivity contribution in [2.75, 3.05) is 5.73 Å². The molecule has 0 saturated carbocycles. The Bertz CT molecular complexity index is 572. The van der Waals surface area contributed by atoms with Crippen LogP contribution in [-0.2, 0) is 6.61 Å². The molecule has 0 aromatic heterocycles. The summed E-state index contributed by atoms with van der Waals surface area (Å²) < 4.78 is 20.0. The summed E-state index contributed by atoms with van der Waals surface area (Å²) >= 11 is 3.40. The molecule has 2 aromatic rings. The highest BCUT2D eigenvalue weighted by atomic mass is 79.9. The Morgan fingerprint density at radius 2 is 2.06 bits per heavy atom. The average molecular weight is 310 g/mol. The molecule has 2 rings (SSSR count). The van der Waals surface area contributed by atoms with Gasteiger partial charge < -0.3 is 10.5 Å². The summed E-state index contributed by atoms with van der Waals surface area (Å²) in [5.74, 6) is -0.0530. The lowest BCUT2D eigenvalue weighted by Gasteiger charge is -2.10. The fourth-order valence-corrected chi connectivity index (χ4v) is 2.08. The quantitative estimate of drug-likeness (QED) is 0.868. The summed E-state index contributed by atoms with van der Waals surface area (Å²) in [6.45, 7) is 2.00. The maximum absolute atomic E-state index is 13.7. The van der Waals surface area contributed by atoms with Crippen LogP contribution in [0.15, 0.2) is 40.9 Å². The van der Waals surface area contributed by atoms with Crippen molar-refractivity contribution >= 4 is 21.6 Å². The molecule has 0 unspecified atom stereocenters. The molecule has 0 radical (unpaired) electrons. The fraction of sp³-hybridized carbons (Fsp3) is 0.143. The van der Waals surface area contributed by atoms with Gasteiger partial charge in [0.15, 0.2) is 11.6 Å². The third-order valence-electron chi connectivity index (χ3n) is 2.62. The van der Waals surface area contributed by atoms with Crippen molar-refractivity contribution in [1.29, 1.82) is 0 Å². The molecule has 2 nitrogen and oxygen atoms in total. The first kappa shape index (κ1) is 12.9. The van der Waals surface area contributed by atoms with Crippen molar-refractivity contribution in [3.05, 3.63) is 57.8 Å². The Kier molecular flexibility index (Phi) is 3.87. The molecule has 0 fully saturated rings. The van der Waals surface area contributed by atoms with Crippen molar-refractivity contribution in [2.24, 2.45) is 0 Å². The zero-order valence-electron chi connectivity index (χ0n) is 9.91. The van der Waals surface area contributed by atoms with Gasteiger partial charge in [-0.25, -0.2) is 4.39 Å². The molecule has 2 aromatic carbocycles. The second-order valence-electron chi connectivity index (χ2n) is 4.03. The van der Waals surface area contributed by atoms with Crippen LogP contribution in [-0.4, -0.2) is 0 Å². The first-order chi connectivity index (χ1) is 8.58. The third kappa shape index (κ3) is 2.82. The topological polar surface area (TPSA) is 35.2 Å². The van der Waals surface area contributed by atoms with Crippen LogP contribution in [0.4, 0.5) is 10.1 Å². The lowest BCUT2D eigenvalue weighted by molar-refractivity contribution is 0.289. The van der Waals surface area contributed by atoms with Gasteiger partial charge in [-0.2, -0.15) is 0 Å². The molecule has 0 aliphatic heterocycles. The number of nitrogen functional groups attached to an aromatic ring is 1. The average Bonchev–Trinajstić information content (AvgIpc) is 2.33. The molecule has 0 aliphatic carbocycles. The Labute approximate surface area is 114 Å². The monoisotopic (exact) mass is 309 g/mol. The maximum atomic E-state index is 13.7. The van der Waals surface area contributed by atoms with E-state index in [9.17, 15) is 4.39 Å². The van der Waals surface area contributed by atoms with Crippen LogP contribution in [0.2, 0.25) is 0 Å². The van der Waals surface area contributed by atoms with Gasteiger partial charge in [0.05, 0.1) is 0 Å². The van der Waals surface area contributed by atoms with Crippen molar-refractivity contribution in [1.82, 2.24) is 0 Å². The van der Waals surface area contributed by atoms with E-state index in [0.717, 1.165) is 10.0 Å². The molecule has 0 saturated heterocycles. The highest BCUT2D eigenvalue weighted by molar-refractivity contribution is 9.10. The van der Waals surface area contributed by atoms with E-state index in [1.54, 1.807) is 37.3 Å². The minimum atomic E-state index is -0.316. The smallest absolute Gasteiger partial charge is 0.167 e. The van der Waals surface area contributed by atoms with E-state index in [-0.39, 0.29) is 11.6 Å². The maximum Gasteiger partial charge on any atom is 0.167 e. The van der Waals surface area contributed by atoms with Crippen molar-refractivity contribution in [2.45, 2.75) is 13.5 Å². The zero-order chi connectivity index (χ0) is 13.1. The molecule has 0 heterocycles. The largest absolute Gasteiger partial charge is 0.486 e. The SMILES string of the molecule is Cc1cccc(OCc2ccc(N)cc2Br)c1F. The van der Waals surface area contributed by atoms with E-state index >= 15 is 0 Å². The van der Waals surface area contributed by atoms with Crippen LogP contribution in [0.1, 0.15) is 11.1 Å². The molecule has 0 amide bonds. The molecular weight excluding hydrogens is 297 g/mol. The molecular formula is C14H13BrFNO. The third-order valence-corrected chi connectivity index (χ3v) is 3.35. The number of hydrogen-bond donors (Lipinski definition) is 1. The standard InChI is InChI=1S/C14H13BrFNO/c1-9-3-2-4-13(14(9)16)18-8-10-5-6-11(17)7-12(10)15/h2-7H,8,17H2,1H3. The van der Waals surface area contributed by atoms with E-state index in [1.165, 1.54) is 0 Å². The van der Waals surface area contributed by atoms with Gasteiger partial charge in [0.25, 0.3) is 0 Å². The second-order valence-corrected chi connectivity index (χ2v) is 4.88. The van der Waals surface area contributed by atoms with E-state index in [2.05, 4.69) is 15.9 Å².